The second-order valence-corrected chi connectivity index (χ2v) is 3.21. The number of rotatable bonds is 2. The van der Waals surface area contributed by atoms with Crippen molar-refractivity contribution in [3.63, 3.8) is 0 Å². The molecule has 0 saturated carbocycles. The zero-order valence-electron chi connectivity index (χ0n) is 3.39. The van der Waals surface area contributed by atoms with Gasteiger partial charge in [-0.1, -0.05) is 15.9 Å². The van der Waals surface area contributed by atoms with Crippen LogP contribution in [0.2, 0.25) is 0 Å². The Bertz CT molecular complexity index is 129. The van der Waals surface area contributed by atoms with Gasteiger partial charge >= 0.3 is 10.2 Å². The van der Waals surface area contributed by atoms with Crippen LogP contribution in [0.4, 0.5) is 3.89 Å². The third kappa shape index (κ3) is 6.36. The highest BCUT2D eigenvalue weighted by Crippen LogP contribution is 1.91. The molecular weight excluding hydrogens is 187 g/mol. The molecule has 0 bridgehead atoms. The molecule has 0 rings (SSSR count). The maximum atomic E-state index is 11.3. The first-order chi connectivity index (χ1) is 3.06. The summed E-state index contributed by atoms with van der Waals surface area (Å²) in [5.41, 5.74) is 0. The lowest BCUT2D eigenvalue weighted by Crippen LogP contribution is -1.97. The molecule has 0 atom stereocenters. The number of hydrogen-bond acceptors (Lipinski definition) is 2. The first kappa shape index (κ1) is 7.36. The largest absolute Gasteiger partial charge is 0.303 e. The summed E-state index contributed by atoms with van der Waals surface area (Å²) in [7, 11) is -4.22. The highest BCUT2D eigenvalue weighted by molar-refractivity contribution is 9.09. The van der Waals surface area contributed by atoms with Crippen molar-refractivity contribution in [3.05, 3.63) is 0 Å². The molecule has 0 aliphatic rings. The van der Waals surface area contributed by atoms with Crippen molar-refractivity contribution in [1.82, 2.24) is 0 Å². The van der Waals surface area contributed by atoms with Crippen LogP contribution < -0.4 is 0 Å². The molecule has 0 N–H and O–H groups in total. The van der Waals surface area contributed by atoms with Crippen LogP contribution >= 0.6 is 15.9 Å². The fourth-order valence-electron chi connectivity index (χ4n) is 0.0922. The minimum atomic E-state index is -4.22. The molecule has 7 heavy (non-hydrogen) atoms. The molecule has 0 aromatic carbocycles. The van der Waals surface area contributed by atoms with E-state index in [-0.39, 0.29) is 5.33 Å². The lowest BCUT2D eigenvalue weighted by molar-refractivity contribution is 0.554. The molecule has 0 radical (unpaired) electrons. The van der Waals surface area contributed by atoms with Gasteiger partial charge in [-0.3, -0.25) is 0 Å². The molecule has 0 saturated heterocycles. The van der Waals surface area contributed by atoms with Gasteiger partial charge < -0.3 is 0 Å². The van der Waals surface area contributed by atoms with E-state index in [0.717, 1.165) is 0 Å². The van der Waals surface area contributed by atoms with E-state index in [1.54, 1.807) is 0 Å². The molecule has 5 heteroatoms. The molecule has 44 valence electrons. The molecule has 2 nitrogen and oxygen atoms in total. The van der Waals surface area contributed by atoms with Gasteiger partial charge in [0.2, 0.25) is 0 Å². The van der Waals surface area contributed by atoms with Gasteiger partial charge in [-0.25, -0.2) is 0 Å². The van der Waals surface area contributed by atoms with E-state index >= 15 is 0 Å². The molecule has 0 aliphatic carbocycles. The zero-order valence-corrected chi connectivity index (χ0v) is 5.80. The first-order valence-corrected chi connectivity index (χ1v) is 4.22. The van der Waals surface area contributed by atoms with Crippen molar-refractivity contribution in [2.24, 2.45) is 0 Å². The Labute approximate surface area is 50.1 Å². The number of alkyl halides is 1. The Hall–Kier alpha value is 0.360. The van der Waals surface area contributed by atoms with Crippen molar-refractivity contribution in [3.8, 4) is 0 Å². The third-order valence-electron chi connectivity index (χ3n) is 0.321. The van der Waals surface area contributed by atoms with Crippen LogP contribution in [0.25, 0.3) is 0 Å². The SMILES string of the molecule is O=S(=O)(F)CCBr. The van der Waals surface area contributed by atoms with Gasteiger partial charge in [0.15, 0.2) is 0 Å². The summed E-state index contributed by atoms with van der Waals surface area (Å²) < 4.78 is 30.4. The topological polar surface area (TPSA) is 34.1 Å². The fraction of sp³-hybridized carbons (Fsp3) is 1.00. The normalized spacial score (nSPS) is 11.7. The van der Waals surface area contributed by atoms with E-state index in [2.05, 4.69) is 15.9 Å². The molecule has 0 amide bonds. The first-order valence-electron chi connectivity index (χ1n) is 1.54. The summed E-state index contributed by atoms with van der Waals surface area (Å²) in [4.78, 5) is 0. The zero-order chi connectivity index (χ0) is 5.91. The van der Waals surface area contributed by atoms with E-state index < -0.39 is 16.0 Å². The van der Waals surface area contributed by atoms with Crippen molar-refractivity contribution in [2.45, 2.75) is 0 Å². The van der Waals surface area contributed by atoms with E-state index in [0.29, 0.717) is 0 Å². The Kier molecular flexibility index (Phi) is 2.75. The summed E-state index contributed by atoms with van der Waals surface area (Å²) in [5.74, 6) is -0.438. The van der Waals surface area contributed by atoms with Crippen molar-refractivity contribution >= 4 is 26.2 Å². The smallest absolute Gasteiger partial charge is 0.195 e. The second kappa shape index (κ2) is 2.61. The molecule has 0 heterocycles. The molecule has 0 aliphatic heterocycles. The molecule has 0 spiro atoms. The molecule has 0 aromatic rings. The van der Waals surface area contributed by atoms with Gasteiger partial charge in [0.05, 0.1) is 5.75 Å². The molecule has 0 unspecified atom stereocenters. The predicted octanol–water partition coefficient (Wildman–Crippen LogP) is 0.681. The van der Waals surface area contributed by atoms with Crippen LogP contribution in [0.5, 0.6) is 0 Å². The van der Waals surface area contributed by atoms with Gasteiger partial charge in [-0.2, -0.15) is 8.42 Å². The Morgan fingerprint density at radius 3 is 2.00 bits per heavy atom. The average molecular weight is 191 g/mol. The van der Waals surface area contributed by atoms with Crippen LogP contribution in [0.3, 0.4) is 0 Å². The van der Waals surface area contributed by atoms with Crippen LogP contribution in [0.1, 0.15) is 0 Å². The quantitative estimate of drug-likeness (QED) is 0.475. The van der Waals surface area contributed by atoms with E-state index in [1.807, 2.05) is 0 Å². The summed E-state index contributed by atoms with van der Waals surface area (Å²) >= 11 is 2.77. The van der Waals surface area contributed by atoms with E-state index in [4.69, 9.17) is 0 Å². The fourth-order valence-corrected chi connectivity index (χ4v) is 1.44. The highest BCUT2D eigenvalue weighted by atomic mass is 79.9. The lowest BCUT2D eigenvalue weighted by Gasteiger charge is -1.81. The molecule has 0 fully saturated rings. The van der Waals surface area contributed by atoms with Crippen LogP contribution in [0, 0.1) is 0 Å². The highest BCUT2D eigenvalue weighted by Gasteiger charge is 2.02. The van der Waals surface area contributed by atoms with Crippen molar-refractivity contribution in [2.75, 3.05) is 11.1 Å². The van der Waals surface area contributed by atoms with Gasteiger partial charge in [-0.15, -0.1) is 3.89 Å². The van der Waals surface area contributed by atoms with E-state index in [1.165, 1.54) is 0 Å². The predicted molar refractivity (Wildman–Crippen MR) is 28.7 cm³/mol. The summed E-state index contributed by atoms with van der Waals surface area (Å²) in [6.07, 6.45) is 0. The second-order valence-electron chi connectivity index (χ2n) is 0.932. The summed E-state index contributed by atoms with van der Waals surface area (Å²) in [6, 6.07) is 0. The van der Waals surface area contributed by atoms with Crippen LogP contribution in [-0.4, -0.2) is 19.5 Å². The maximum absolute atomic E-state index is 11.3. The Morgan fingerprint density at radius 2 is 2.00 bits per heavy atom. The maximum Gasteiger partial charge on any atom is 0.303 e. The lowest BCUT2D eigenvalue weighted by atomic mass is 11.0. The summed E-state index contributed by atoms with van der Waals surface area (Å²) in [5, 5.41) is 0.159. The van der Waals surface area contributed by atoms with Crippen LogP contribution in [0.15, 0.2) is 0 Å². The minimum absolute atomic E-state index is 0.159. The average Bonchev–Trinajstić information content (AvgIpc) is 1.30. The molecular formula is C2H4BrFO2S. The van der Waals surface area contributed by atoms with Gasteiger partial charge in [0.1, 0.15) is 0 Å². The van der Waals surface area contributed by atoms with Crippen LogP contribution in [-0.2, 0) is 10.2 Å². The van der Waals surface area contributed by atoms with Crippen molar-refractivity contribution < 1.29 is 12.3 Å². The number of halogens is 2. The van der Waals surface area contributed by atoms with Crippen molar-refractivity contribution in [1.29, 1.82) is 0 Å². The standard InChI is InChI=1S/C2H4BrFO2S/c3-1-2-7(4,5)6/h1-2H2. The minimum Gasteiger partial charge on any atom is -0.195 e. The number of hydrogen-bond donors (Lipinski definition) is 0. The van der Waals surface area contributed by atoms with Gasteiger partial charge in [0, 0.05) is 5.33 Å². The van der Waals surface area contributed by atoms with E-state index in [9.17, 15) is 12.3 Å². The summed E-state index contributed by atoms with van der Waals surface area (Å²) in [6.45, 7) is 0. The third-order valence-corrected chi connectivity index (χ3v) is 1.93. The molecule has 0 aromatic heterocycles. The monoisotopic (exact) mass is 190 g/mol. The van der Waals surface area contributed by atoms with Gasteiger partial charge in [0.25, 0.3) is 0 Å². The Balaban J connectivity index is 3.60. The Morgan fingerprint density at radius 1 is 1.57 bits per heavy atom. The van der Waals surface area contributed by atoms with Gasteiger partial charge in [-0.05, 0) is 0 Å².